The number of anilines is 8. The molecule has 2 aliphatic carbocycles. The highest BCUT2D eigenvalue weighted by Crippen LogP contribution is 2.45. The molecule has 10 fully saturated rings. The lowest BCUT2D eigenvalue weighted by Crippen LogP contribution is -2.56. The van der Waals surface area contributed by atoms with Crippen molar-refractivity contribution in [1.82, 2.24) is 59.5 Å². The number of aliphatic carboxylic acids is 2. The van der Waals surface area contributed by atoms with Crippen LogP contribution in [0.25, 0.3) is 0 Å². The van der Waals surface area contributed by atoms with Crippen LogP contribution >= 0.6 is 85.5 Å². The molecule has 27 nitrogen and oxygen atoms in total. The van der Waals surface area contributed by atoms with Gasteiger partial charge in [-0.05, 0) is 291 Å². The maximum atomic E-state index is 11.2. The molecule has 34 heteroatoms. The first-order chi connectivity index (χ1) is 64.0. The summed E-state index contributed by atoms with van der Waals surface area (Å²) in [4.78, 5) is 78.0. The highest BCUT2D eigenvalue weighted by molar-refractivity contribution is 9.10. The van der Waals surface area contributed by atoms with Crippen LogP contribution < -0.4 is 40.9 Å². The molecule has 18 rings (SSSR count). The number of piperidine rings is 4. The first-order valence-corrected chi connectivity index (χ1v) is 50.6. The van der Waals surface area contributed by atoms with Crippen LogP contribution in [0.4, 0.5) is 46.9 Å². The number of hydrogen-bond acceptors (Lipinski definition) is 25. The average Bonchev–Trinajstić information content (AvgIpc) is 0.778. The second kappa shape index (κ2) is 45.5. The number of nitriles is 1. The van der Waals surface area contributed by atoms with E-state index in [4.69, 9.17) is 89.5 Å². The molecule has 10 aliphatic rings. The number of likely N-dealkylation sites (tertiary alicyclic amines) is 4. The number of hydrogen-bond donors (Lipinski definition) is 8. The molecule has 133 heavy (non-hydrogen) atoms. The van der Waals surface area contributed by atoms with Crippen molar-refractivity contribution in [2.45, 2.75) is 169 Å². The number of halogens is 7. The summed E-state index contributed by atoms with van der Waals surface area (Å²) in [6, 6.07) is 27.1. The van der Waals surface area contributed by atoms with Crippen molar-refractivity contribution in [3.05, 3.63) is 182 Å². The zero-order valence-electron chi connectivity index (χ0n) is 77.5. The number of carboxylic acid groups (broad SMARTS) is 2. The summed E-state index contributed by atoms with van der Waals surface area (Å²) in [5.74, 6) is 9.14. The summed E-state index contributed by atoms with van der Waals surface area (Å²) in [6.45, 7) is 34.7. The maximum Gasteiger partial charge on any atom is 0.306 e. The largest absolute Gasteiger partial charge is 0.481 e. The van der Waals surface area contributed by atoms with E-state index < -0.39 is 11.9 Å². The Balaban J connectivity index is 0.000000136. The molecule has 4 aromatic heterocycles. The van der Waals surface area contributed by atoms with E-state index in [2.05, 4.69) is 141 Å². The van der Waals surface area contributed by atoms with E-state index in [1.165, 1.54) is 51.4 Å². The molecule has 8 aromatic rings. The van der Waals surface area contributed by atoms with Crippen LogP contribution in [0.15, 0.2) is 102 Å². The number of aromatic nitrogens is 8. The minimum absolute atomic E-state index is 0.00624. The van der Waals surface area contributed by atoms with E-state index in [9.17, 15) is 35.3 Å². The third-order valence-electron chi connectivity index (χ3n) is 29.3. The molecule has 0 amide bonds. The molecule has 8 N–H and O–H groups in total. The van der Waals surface area contributed by atoms with Gasteiger partial charge in [-0.3, -0.25) is 9.59 Å². The highest BCUT2D eigenvalue weighted by Gasteiger charge is 2.46. The Hall–Kier alpha value is -7.99. The quantitative estimate of drug-likeness (QED) is 0.0226. The van der Waals surface area contributed by atoms with Gasteiger partial charge in [0.25, 0.3) is 0 Å². The van der Waals surface area contributed by atoms with E-state index in [-0.39, 0.29) is 54.9 Å². The zero-order valence-corrected chi connectivity index (χ0v) is 83.6. The molecule has 2 saturated carbocycles. The Labute approximate surface area is 821 Å². The molecule has 12 heterocycles. The van der Waals surface area contributed by atoms with Crippen LogP contribution in [0.3, 0.4) is 0 Å². The molecule has 8 saturated heterocycles. The molecule has 4 aromatic carbocycles. The van der Waals surface area contributed by atoms with Gasteiger partial charge in [-0.25, -0.2) is 24.9 Å². The highest BCUT2D eigenvalue weighted by atomic mass is 79.9. The fourth-order valence-electron chi connectivity index (χ4n) is 20.9. The summed E-state index contributed by atoms with van der Waals surface area (Å²) < 4.78 is 0.830. The molecule has 0 radical (unpaired) electrons. The smallest absolute Gasteiger partial charge is 0.306 e. The third-order valence-corrected chi connectivity index (χ3v) is 31.7. The lowest BCUT2D eigenvalue weighted by molar-refractivity contribution is -0.148. The van der Waals surface area contributed by atoms with Crippen LogP contribution in [-0.4, -0.2) is 235 Å². The van der Waals surface area contributed by atoms with Gasteiger partial charge in [0.15, 0.2) is 23.1 Å². The summed E-state index contributed by atoms with van der Waals surface area (Å²) in [5.41, 5.74) is 8.80. The van der Waals surface area contributed by atoms with Gasteiger partial charge in [0.2, 0.25) is 17.8 Å². The van der Waals surface area contributed by atoms with Crippen LogP contribution in [0.2, 0.25) is 30.1 Å². The van der Waals surface area contributed by atoms with Crippen molar-refractivity contribution in [1.29, 1.82) is 5.26 Å². The van der Waals surface area contributed by atoms with Gasteiger partial charge in [-0.2, -0.15) is 20.2 Å². The number of aryl methyl sites for hydroxylation is 4. The molecule has 8 atom stereocenters. The lowest BCUT2D eigenvalue weighted by atomic mass is 9.76. The standard InChI is InChI=1S/C26H33BrClN5O2.C26H33Cl2N5O2.C24H31ClN6O.C23H31Cl2N5O/c1-15-5-6-21(23(28)8-15)16(2)30-24-22(27)11-29-26(31-24)33-13-19(14-33)17-4-3-7-32(12-17)20-9-18(10-20)25(34)35;1-15-5-6-21(22(27)8-15)16(2)30-24-23(28)11-29-26(31-24)33-13-19(14-33)17-4-3-7-32(12-17)20-9-18(10-20)25(34)35;1-16-5-6-20(21(25)10-16)17(2)28-24-22(11-26)27-12-23(29-24)31-14-19(15-31)18-4-3-7-30(13-18)8-9-32;1-15-5-6-19(20(24)10-15)16(2)27-22-21(25)11-26-23(28-22)30-13-18(14-30)17-4-3-7-29(12-17)8-9-31/h2*5-6,8,11,16-20H,3-4,7,9-10,12-14H2,1-2H3,(H,34,35)(H,29,30,31);5-6,10,12,17-19,32H,3-4,7-9,13-15H2,1-2H3,(H,28,29);5-6,10-11,16-18,31H,3-4,7-9,12-14H2,1-2H3,(H,26,27,28)/t2*16-,17+,18?,20?;17-,18+;16-,17+/m1111/s1. The monoisotopic (exact) mass is 2000 g/mol. The number of carbonyl (C=O) groups is 2. The molecule has 714 valence electrons. The van der Waals surface area contributed by atoms with Crippen molar-refractivity contribution in [2.24, 2.45) is 59.2 Å². The number of β-amino-alcohol motifs (C(OH)–C–C–N with tert-alkyl or cyclic N) is 2. The predicted molar refractivity (Wildman–Crippen MR) is 536 cm³/mol. The molecule has 0 bridgehead atoms. The Morgan fingerprint density at radius 3 is 1.08 bits per heavy atom. The molecule has 0 unspecified atom stereocenters. The topological polar surface area (TPSA) is 316 Å². The van der Waals surface area contributed by atoms with Crippen molar-refractivity contribution in [3.63, 3.8) is 0 Å². The zero-order chi connectivity index (χ0) is 94.0. The van der Waals surface area contributed by atoms with Gasteiger partial charge < -0.3 is 80.9 Å². The third kappa shape index (κ3) is 25.0. The number of carboxylic acids is 2. The van der Waals surface area contributed by atoms with Crippen LogP contribution in [0, 0.1) is 98.2 Å². The van der Waals surface area contributed by atoms with Crippen molar-refractivity contribution in [3.8, 4) is 6.07 Å². The number of aliphatic hydroxyl groups is 2. The summed E-state index contributed by atoms with van der Waals surface area (Å²) in [6.07, 6.45) is 19.9. The molecule has 8 aliphatic heterocycles. The van der Waals surface area contributed by atoms with Crippen LogP contribution in [0.1, 0.15) is 179 Å². The first-order valence-electron chi connectivity index (χ1n) is 47.5. The van der Waals surface area contributed by atoms with Crippen molar-refractivity contribution < 1.29 is 30.0 Å². The molecular weight excluding hydrogens is 1870 g/mol. The van der Waals surface area contributed by atoms with Gasteiger partial charge in [0.05, 0.1) is 72.3 Å². The summed E-state index contributed by atoms with van der Waals surface area (Å²) >= 11 is 42.2. The predicted octanol–water partition coefficient (Wildman–Crippen LogP) is 18.7. The number of nitrogens with zero attached hydrogens (tertiary/aromatic N) is 17. The Bertz CT molecular complexity index is 5190. The van der Waals surface area contributed by atoms with Gasteiger partial charge in [0.1, 0.15) is 27.8 Å². The van der Waals surface area contributed by atoms with E-state index >= 15 is 0 Å². The van der Waals surface area contributed by atoms with E-state index in [0.717, 1.165) is 225 Å². The lowest BCUT2D eigenvalue weighted by Gasteiger charge is -2.50. The van der Waals surface area contributed by atoms with Gasteiger partial charge in [0, 0.05) is 130 Å². The fourth-order valence-corrected chi connectivity index (χ4v) is 23.1. The van der Waals surface area contributed by atoms with Gasteiger partial charge in [-0.15, -0.1) is 0 Å². The Kier molecular flexibility index (Phi) is 34.1. The van der Waals surface area contributed by atoms with Crippen molar-refractivity contribution in [2.75, 3.05) is 172 Å². The summed E-state index contributed by atoms with van der Waals surface area (Å²) in [5, 5.41) is 63.9. The van der Waals surface area contributed by atoms with Gasteiger partial charge >= 0.3 is 11.9 Å². The van der Waals surface area contributed by atoms with E-state index in [0.29, 0.717) is 104 Å². The van der Waals surface area contributed by atoms with Crippen molar-refractivity contribution >= 4 is 144 Å². The first kappa shape index (κ1) is 99.5. The van der Waals surface area contributed by atoms with E-state index in [1.54, 1.807) is 18.6 Å². The fraction of sp³-hybridized carbons (Fsp3) is 0.566. The molecular formula is C99H128BrCl6N21O6. The van der Waals surface area contributed by atoms with Crippen LogP contribution in [0.5, 0.6) is 0 Å². The number of aliphatic hydroxyl groups excluding tert-OH is 2. The molecule has 0 spiro atoms. The van der Waals surface area contributed by atoms with E-state index in [1.807, 2.05) is 96.3 Å². The second-order valence-electron chi connectivity index (χ2n) is 38.8. The van der Waals surface area contributed by atoms with Crippen LogP contribution in [-0.2, 0) is 9.59 Å². The summed E-state index contributed by atoms with van der Waals surface area (Å²) in [7, 11) is 0. The average molecular weight is 2000 g/mol. The number of nitrogens with one attached hydrogen (secondary N) is 4. The van der Waals surface area contributed by atoms with Gasteiger partial charge in [-0.1, -0.05) is 118 Å². The second-order valence-corrected chi connectivity index (χ2v) is 42.1. The number of rotatable bonds is 28. The SMILES string of the molecule is Cc1ccc([C@@H](C)Nc2nc(N3CC([C@H]4CCCN(C5CC(C(=O)O)C5)C4)C3)ncc2Br)c(Cl)c1.Cc1ccc([C@@H](C)Nc2nc(N3CC([C@H]4CCCN(C5CC(C(=O)O)C5)C4)C3)ncc2Cl)c(Cl)c1.Cc1ccc([C@@H](C)Nc2nc(N3CC([C@H]4CCCN(CCO)C4)C3)cnc2C#N)c(Cl)c1.Cc1ccc([C@@H](C)Nc2nc(N3CC([C@H]4CCCN(CCO)C4)C3)ncc2Cl)c(Cl)c1. The Morgan fingerprint density at radius 2 is 0.737 bits per heavy atom. The number of benzene rings is 4. The minimum Gasteiger partial charge on any atom is -0.481 e. The normalized spacial score (nSPS) is 23.5. The maximum absolute atomic E-state index is 11.2. The Morgan fingerprint density at radius 1 is 0.414 bits per heavy atom. The minimum atomic E-state index is -0.641.